The predicted octanol–water partition coefficient (Wildman–Crippen LogP) is 1.06. The van der Waals surface area contributed by atoms with Crippen LogP contribution >= 0.6 is 12.4 Å². The zero-order valence-electron chi connectivity index (χ0n) is 10.3. The Bertz CT molecular complexity index is 353. The number of carbonyl (C=O) groups is 1. The molecule has 1 heterocycles. The van der Waals surface area contributed by atoms with Gasteiger partial charge in [-0.15, -0.1) is 12.4 Å². The quantitative estimate of drug-likeness (QED) is 0.890. The first-order chi connectivity index (χ1) is 8.36. The lowest BCUT2D eigenvalue weighted by atomic mass is 10.2. The monoisotopic (exact) mass is 270 g/mol. The minimum absolute atomic E-state index is 0. The zero-order valence-corrected chi connectivity index (χ0v) is 11.1. The molecule has 4 nitrogen and oxygen atoms in total. The summed E-state index contributed by atoms with van der Waals surface area (Å²) in [6.45, 7) is 4.00. The van der Waals surface area contributed by atoms with Crippen LogP contribution in [0.2, 0.25) is 0 Å². The van der Waals surface area contributed by atoms with Crippen molar-refractivity contribution < 1.29 is 9.53 Å². The van der Waals surface area contributed by atoms with Gasteiger partial charge in [0.05, 0.1) is 6.61 Å². The van der Waals surface area contributed by atoms with E-state index in [2.05, 4.69) is 5.32 Å². The number of benzene rings is 1. The second-order valence-electron chi connectivity index (χ2n) is 4.11. The minimum Gasteiger partial charge on any atom is -0.367 e. The van der Waals surface area contributed by atoms with Crippen molar-refractivity contribution in [3.05, 3.63) is 35.9 Å². The molecule has 2 rings (SSSR count). The lowest BCUT2D eigenvalue weighted by Crippen LogP contribution is -2.47. The summed E-state index contributed by atoms with van der Waals surface area (Å²) < 4.78 is 5.42. The third kappa shape index (κ3) is 4.64. The standard InChI is InChI=1S/C13H18N2O2.ClH/c16-13(15-8-6-14-7-9-15)11-17-10-12-4-2-1-3-5-12;/h1-5,14H,6-11H2;1H. The van der Waals surface area contributed by atoms with Crippen LogP contribution in [0.25, 0.3) is 0 Å². The van der Waals surface area contributed by atoms with E-state index in [9.17, 15) is 4.79 Å². The van der Waals surface area contributed by atoms with E-state index in [0.29, 0.717) is 6.61 Å². The number of piperazine rings is 1. The van der Waals surface area contributed by atoms with Crippen LogP contribution in [0.3, 0.4) is 0 Å². The predicted molar refractivity (Wildman–Crippen MR) is 72.8 cm³/mol. The maximum Gasteiger partial charge on any atom is 0.248 e. The van der Waals surface area contributed by atoms with Crippen molar-refractivity contribution in [3.63, 3.8) is 0 Å². The summed E-state index contributed by atoms with van der Waals surface area (Å²) in [5, 5.41) is 3.22. The molecule has 1 aromatic carbocycles. The highest BCUT2D eigenvalue weighted by atomic mass is 35.5. The van der Waals surface area contributed by atoms with Gasteiger partial charge in [0.2, 0.25) is 5.91 Å². The van der Waals surface area contributed by atoms with E-state index in [1.807, 2.05) is 35.2 Å². The lowest BCUT2D eigenvalue weighted by Gasteiger charge is -2.27. The van der Waals surface area contributed by atoms with Crippen molar-refractivity contribution >= 4 is 18.3 Å². The van der Waals surface area contributed by atoms with E-state index >= 15 is 0 Å². The highest BCUT2D eigenvalue weighted by molar-refractivity contribution is 5.85. The average molecular weight is 271 g/mol. The van der Waals surface area contributed by atoms with Gasteiger partial charge in [0.25, 0.3) is 0 Å². The number of halogens is 1. The highest BCUT2D eigenvalue weighted by Gasteiger charge is 2.15. The van der Waals surface area contributed by atoms with E-state index in [1.165, 1.54) is 0 Å². The van der Waals surface area contributed by atoms with E-state index in [-0.39, 0.29) is 24.9 Å². The van der Waals surface area contributed by atoms with Gasteiger partial charge in [-0.3, -0.25) is 4.79 Å². The Hall–Kier alpha value is -1.10. The number of hydrogen-bond acceptors (Lipinski definition) is 3. The van der Waals surface area contributed by atoms with Crippen LogP contribution < -0.4 is 5.32 Å². The average Bonchev–Trinajstić information content (AvgIpc) is 2.41. The van der Waals surface area contributed by atoms with Gasteiger partial charge in [0.1, 0.15) is 6.61 Å². The first-order valence-electron chi connectivity index (χ1n) is 5.96. The summed E-state index contributed by atoms with van der Waals surface area (Å²) in [6.07, 6.45) is 0. The fourth-order valence-corrected chi connectivity index (χ4v) is 1.84. The van der Waals surface area contributed by atoms with Crippen LogP contribution in [0.15, 0.2) is 30.3 Å². The zero-order chi connectivity index (χ0) is 11.9. The Morgan fingerprint density at radius 1 is 1.22 bits per heavy atom. The Balaban J connectivity index is 0.00000162. The molecule has 0 bridgehead atoms. The Morgan fingerprint density at radius 3 is 2.56 bits per heavy atom. The van der Waals surface area contributed by atoms with Crippen molar-refractivity contribution in [1.82, 2.24) is 10.2 Å². The first kappa shape index (κ1) is 15.0. The molecule has 1 aliphatic rings. The summed E-state index contributed by atoms with van der Waals surface area (Å²) in [7, 11) is 0. The molecule has 1 N–H and O–H groups in total. The molecule has 0 spiro atoms. The maximum absolute atomic E-state index is 11.8. The van der Waals surface area contributed by atoms with Gasteiger partial charge in [0, 0.05) is 26.2 Å². The fraction of sp³-hybridized carbons (Fsp3) is 0.462. The van der Waals surface area contributed by atoms with Gasteiger partial charge in [-0.1, -0.05) is 30.3 Å². The van der Waals surface area contributed by atoms with Crippen LogP contribution in [-0.2, 0) is 16.1 Å². The molecular formula is C13H19ClN2O2. The van der Waals surface area contributed by atoms with E-state index in [0.717, 1.165) is 31.7 Å². The van der Waals surface area contributed by atoms with Crippen molar-refractivity contribution in [2.24, 2.45) is 0 Å². The summed E-state index contributed by atoms with van der Waals surface area (Å²) in [5.41, 5.74) is 1.10. The summed E-state index contributed by atoms with van der Waals surface area (Å²) in [4.78, 5) is 13.6. The molecule has 0 unspecified atom stereocenters. The molecule has 1 fully saturated rings. The second-order valence-corrected chi connectivity index (χ2v) is 4.11. The molecule has 1 aliphatic heterocycles. The van der Waals surface area contributed by atoms with E-state index < -0.39 is 0 Å². The van der Waals surface area contributed by atoms with E-state index in [4.69, 9.17) is 4.74 Å². The van der Waals surface area contributed by atoms with Crippen LogP contribution in [0.1, 0.15) is 5.56 Å². The van der Waals surface area contributed by atoms with Gasteiger partial charge in [-0.05, 0) is 5.56 Å². The molecule has 18 heavy (non-hydrogen) atoms. The molecule has 1 saturated heterocycles. The van der Waals surface area contributed by atoms with Crippen LogP contribution in [0.4, 0.5) is 0 Å². The van der Waals surface area contributed by atoms with Gasteiger partial charge >= 0.3 is 0 Å². The topological polar surface area (TPSA) is 41.6 Å². The summed E-state index contributed by atoms with van der Waals surface area (Å²) in [5.74, 6) is 0.0856. The first-order valence-corrected chi connectivity index (χ1v) is 5.96. The van der Waals surface area contributed by atoms with Crippen molar-refractivity contribution in [2.45, 2.75) is 6.61 Å². The number of carbonyl (C=O) groups excluding carboxylic acids is 1. The third-order valence-corrected chi connectivity index (χ3v) is 2.81. The van der Waals surface area contributed by atoms with Crippen molar-refractivity contribution in [3.8, 4) is 0 Å². The molecular weight excluding hydrogens is 252 g/mol. The van der Waals surface area contributed by atoms with Crippen molar-refractivity contribution in [1.29, 1.82) is 0 Å². The number of ether oxygens (including phenoxy) is 1. The SMILES string of the molecule is Cl.O=C(COCc1ccccc1)N1CCNCC1. The molecule has 0 aliphatic carbocycles. The van der Waals surface area contributed by atoms with Gasteiger partial charge in [-0.25, -0.2) is 0 Å². The molecule has 1 aromatic rings. The molecule has 1 amide bonds. The van der Waals surface area contributed by atoms with Crippen LogP contribution in [-0.4, -0.2) is 43.6 Å². The molecule has 0 aromatic heterocycles. The second kappa shape index (κ2) is 8.08. The molecule has 0 radical (unpaired) electrons. The molecule has 5 heteroatoms. The third-order valence-electron chi connectivity index (χ3n) is 2.81. The van der Waals surface area contributed by atoms with Gasteiger partial charge in [0.15, 0.2) is 0 Å². The van der Waals surface area contributed by atoms with Gasteiger partial charge in [-0.2, -0.15) is 0 Å². The Kier molecular flexibility index (Phi) is 6.72. The smallest absolute Gasteiger partial charge is 0.248 e. The number of amides is 1. The maximum atomic E-state index is 11.8. The number of nitrogens with one attached hydrogen (secondary N) is 1. The summed E-state index contributed by atoms with van der Waals surface area (Å²) in [6, 6.07) is 9.90. The minimum atomic E-state index is 0. The van der Waals surface area contributed by atoms with Gasteiger partial charge < -0.3 is 15.0 Å². The molecule has 0 atom stereocenters. The largest absolute Gasteiger partial charge is 0.367 e. The highest BCUT2D eigenvalue weighted by Crippen LogP contribution is 2.01. The lowest BCUT2D eigenvalue weighted by molar-refractivity contribution is -0.137. The van der Waals surface area contributed by atoms with Crippen molar-refractivity contribution in [2.75, 3.05) is 32.8 Å². The number of nitrogens with zero attached hydrogens (tertiary/aromatic N) is 1. The molecule has 0 saturated carbocycles. The number of rotatable bonds is 4. The fourth-order valence-electron chi connectivity index (χ4n) is 1.84. The number of hydrogen-bond donors (Lipinski definition) is 1. The molecule has 100 valence electrons. The Labute approximate surface area is 114 Å². The Morgan fingerprint density at radius 2 is 1.89 bits per heavy atom. The van der Waals surface area contributed by atoms with Crippen LogP contribution in [0, 0.1) is 0 Å². The van der Waals surface area contributed by atoms with E-state index in [1.54, 1.807) is 0 Å². The van der Waals surface area contributed by atoms with Crippen LogP contribution in [0.5, 0.6) is 0 Å². The summed E-state index contributed by atoms with van der Waals surface area (Å²) >= 11 is 0. The normalized spacial score (nSPS) is 15.0.